The predicted molar refractivity (Wildman–Crippen MR) is 77.8 cm³/mol. The van der Waals surface area contributed by atoms with Crippen LogP contribution in [0.25, 0.3) is 22.2 Å². The third kappa shape index (κ3) is 2.63. The highest BCUT2D eigenvalue weighted by atomic mass is 19.2. The molecule has 0 atom stereocenters. The average Bonchev–Trinajstić information content (AvgIpc) is 2.90. The molecule has 2 heterocycles. The van der Waals surface area contributed by atoms with Crippen molar-refractivity contribution >= 4 is 11.0 Å². The van der Waals surface area contributed by atoms with Gasteiger partial charge in [-0.2, -0.15) is 5.10 Å². The number of aryl methyl sites for hydroxylation is 1. The van der Waals surface area contributed by atoms with Gasteiger partial charge in [-0.1, -0.05) is 19.4 Å². The Bertz CT molecular complexity index is 780. The zero-order valence-electron chi connectivity index (χ0n) is 11.7. The Morgan fingerprint density at radius 1 is 1.05 bits per heavy atom. The van der Waals surface area contributed by atoms with E-state index in [1.165, 1.54) is 6.07 Å². The first-order valence-corrected chi connectivity index (χ1v) is 6.96. The highest BCUT2D eigenvalue weighted by Gasteiger charge is 2.08. The number of hydrogen-bond acceptors (Lipinski definition) is 2. The smallest absolute Gasteiger partial charge is 0.159 e. The van der Waals surface area contributed by atoms with E-state index in [1.807, 2.05) is 10.7 Å². The van der Waals surface area contributed by atoms with Crippen molar-refractivity contribution in [2.24, 2.45) is 0 Å². The molecule has 0 aliphatic heterocycles. The molecule has 0 amide bonds. The Labute approximate surface area is 121 Å². The zero-order valence-corrected chi connectivity index (χ0v) is 11.7. The molecule has 2 aromatic heterocycles. The van der Waals surface area contributed by atoms with E-state index in [9.17, 15) is 8.78 Å². The zero-order chi connectivity index (χ0) is 14.8. The van der Waals surface area contributed by atoms with Gasteiger partial charge < -0.3 is 0 Å². The molecule has 21 heavy (non-hydrogen) atoms. The molecule has 0 fully saturated rings. The minimum atomic E-state index is -0.855. The van der Waals surface area contributed by atoms with Crippen molar-refractivity contribution in [3.63, 3.8) is 0 Å². The summed E-state index contributed by atoms with van der Waals surface area (Å²) >= 11 is 0. The molecule has 3 rings (SSSR count). The second-order valence-corrected chi connectivity index (χ2v) is 4.98. The molecule has 108 valence electrons. The number of halogens is 2. The number of unbranched alkanes of at least 4 members (excludes halogenated alkanes) is 1. The van der Waals surface area contributed by atoms with Crippen molar-refractivity contribution in [1.29, 1.82) is 0 Å². The van der Waals surface area contributed by atoms with Crippen LogP contribution in [0.1, 0.15) is 19.8 Å². The molecule has 3 aromatic rings. The van der Waals surface area contributed by atoms with Crippen molar-refractivity contribution < 1.29 is 8.78 Å². The molecule has 1 aromatic carbocycles. The van der Waals surface area contributed by atoms with E-state index >= 15 is 0 Å². The average molecular weight is 287 g/mol. The Balaban J connectivity index is 2.04. The molecule has 0 unspecified atom stereocenters. The van der Waals surface area contributed by atoms with Crippen LogP contribution in [0.2, 0.25) is 0 Å². The number of pyridine rings is 1. The van der Waals surface area contributed by atoms with Crippen LogP contribution in [0.5, 0.6) is 0 Å². The molecule has 0 spiro atoms. The van der Waals surface area contributed by atoms with Crippen molar-refractivity contribution in [3.05, 3.63) is 48.3 Å². The Morgan fingerprint density at radius 2 is 1.90 bits per heavy atom. The molecule has 0 saturated heterocycles. The minimum absolute atomic E-state index is 0.603. The number of benzene rings is 1. The summed E-state index contributed by atoms with van der Waals surface area (Å²) in [5.74, 6) is -1.70. The number of nitrogens with zero attached hydrogens (tertiary/aromatic N) is 3. The van der Waals surface area contributed by atoms with Crippen LogP contribution in [0.15, 0.2) is 36.7 Å². The SMILES string of the molecule is CCCCn1ncc2ncc(-c3ccc(F)c(F)c3)cc21. The first-order chi connectivity index (χ1) is 10.2. The summed E-state index contributed by atoms with van der Waals surface area (Å²) in [4.78, 5) is 4.34. The molecule has 5 heteroatoms. The lowest BCUT2D eigenvalue weighted by Crippen LogP contribution is -1.99. The van der Waals surface area contributed by atoms with Gasteiger partial charge in [0.1, 0.15) is 5.52 Å². The Hall–Kier alpha value is -2.30. The molecule has 0 radical (unpaired) electrons. The van der Waals surface area contributed by atoms with Crippen LogP contribution >= 0.6 is 0 Å². The summed E-state index contributed by atoms with van der Waals surface area (Å²) in [5.41, 5.74) is 3.06. The fourth-order valence-electron chi connectivity index (χ4n) is 2.28. The summed E-state index contributed by atoms with van der Waals surface area (Å²) < 4.78 is 28.3. The first kappa shape index (κ1) is 13.7. The second kappa shape index (κ2) is 5.60. The lowest BCUT2D eigenvalue weighted by molar-refractivity contribution is 0.509. The van der Waals surface area contributed by atoms with Gasteiger partial charge in [0, 0.05) is 18.3 Å². The third-order valence-electron chi connectivity index (χ3n) is 3.47. The molecule has 3 nitrogen and oxygen atoms in total. The predicted octanol–water partition coefficient (Wildman–Crippen LogP) is 4.18. The quantitative estimate of drug-likeness (QED) is 0.720. The van der Waals surface area contributed by atoms with Gasteiger partial charge in [-0.15, -0.1) is 0 Å². The molecule has 0 bridgehead atoms. The van der Waals surface area contributed by atoms with Crippen LogP contribution in [0.4, 0.5) is 8.78 Å². The Kier molecular flexibility index (Phi) is 3.64. The monoisotopic (exact) mass is 287 g/mol. The van der Waals surface area contributed by atoms with E-state index < -0.39 is 11.6 Å². The lowest BCUT2D eigenvalue weighted by atomic mass is 10.1. The molecule has 0 aliphatic rings. The van der Waals surface area contributed by atoms with Crippen LogP contribution in [-0.4, -0.2) is 14.8 Å². The number of hydrogen-bond donors (Lipinski definition) is 0. The van der Waals surface area contributed by atoms with Crippen molar-refractivity contribution in [2.75, 3.05) is 0 Å². The molecule has 0 saturated carbocycles. The van der Waals surface area contributed by atoms with Gasteiger partial charge in [0.05, 0.1) is 11.7 Å². The van der Waals surface area contributed by atoms with E-state index in [1.54, 1.807) is 18.5 Å². The van der Waals surface area contributed by atoms with Gasteiger partial charge in [0.2, 0.25) is 0 Å². The Morgan fingerprint density at radius 3 is 2.67 bits per heavy atom. The summed E-state index contributed by atoms with van der Waals surface area (Å²) in [7, 11) is 0. The van der Waals surface area contributed by atoms with Gasteiger partial charge in [-0.3, -0.25) is 9.67 Å². The van der Waals surface area contributed by atoms with E-state index in [0.29, 0.717) is 5.56 Å². The van der Waals surface area contributed by atoms with E-state index in [0.717, 1.165) is 42.0 Å². The van der Waals surface area contributed by atoms with Crippen LogP contribution in [0.3, 0.4) is 0 Å². The second-order valence-electron chi connectivity index (χ2n) is 4.98. The van der Waals surface area contributed by atoms with Gasteiger partial charge in [0.25, 0.3) is 0 Å². The molecular formula is C16H15F2N3. The maximum Gasteiger partial charge on any atom is 0.159 e. The summed E-state index contributed by atoms with van der Waals surface area (Å²) in [6.45, 7) is 2.94. The maximum atomic E-state index is 13.4. The number of aromatic nitrogens is 3. The van der Waals surface area contributed by atoms with Crippen LogP contribution < -0.4 is 0 Å². The summed E-state index contributed by atoms with van der Waals surface area (Å²) in [6, 6.07) is 5.78. The lowest BCUT2D eigenvalue weighted by Gasteiger charge is -2.05. The van der Waals surface area contributed by atoms with Crippen LogP contribution in [0, 0.1) is 11.6 Å². The van der Waals surface area contributed by atoms with Crippen LogP contribution in [-0.2, 0) is 6.54 Å². The van der Waals surface area contributed by atoms with Crippen molar-refractivity contribution in [3.8, 4) is 11.1 Å². The third-order valence-corrected chi connectivity index (χ3v) is 3.47. The summed E-state index contributed by atoms with van der Waals surface area (Å²) in [6.07, 6.45) is 5.49. The number of rotatable bonds is 4. The highest BCUT2D eigenvalue weighted by Crippen LogP contribution is 2.24. The van der Waals surface area contributed by atoms with E-state index in [4.69, 9.17) is 0 Å². The van der Waals surface area contributed by atoms with Crippen molar-refractivity contribution in [2.45, 2.75) is 26.3 Å². The van der Waals surface area contributed by atoms with E-state index in [2.05, 4.69) is 17.0 Å². The fourth-order valence-corrected chi connectivity index (χ4v) is 2.28. The standard InChI is InChI=1S/C16H15F2N3/c1-2-3-6-21-16-8-12(9-19-15(16)10-20-21)11-4-5-13(17)14(18)7-11/h4-5,7-10H,2-3,6H2,1H3. The van der Waals surface area contributed by atoms with E-state index in [-0.39, 0.29) is 0 Å². The first-order valence-electron chi connectivity index (χ1n) is 6.96. The normalized spacial score (nSPS) is 11.2. The fraction of sp³-hybridized carbons (Fsp3) is 0.250. The minimum Gasteiger partial charge on any atom is -0.263 e. The summed E-state index contributed by atoms with van der Waals surface area (Å²) in [5, 5.41) is 4.32. The number of fused-ring (bicyclic) bond motifs is 1. The molecule has 0 aliphatic carbocycles. The molecule has 0 N–H and O–H groups in total. The largest absolute Gasteiger partial charge is 0.263 e. The maximum absolute atomic E-state index is 13.4. The highest BCUT2D eigenvalue weighted by molar-refractivity contribution is 5.80. The van der Waals surface area contributed by atoms with Gasteiger partial charge in [0.15, 0.2) is 11.6 Å². The van der Waals surface area contributed by atoms with Crippen molar-refractivity contribution in [1.82, 2.24) is 14.8 Å². The van der Waals surface area contributed by atoms with Gasteiger partial charge in [-0.25, -0.2) is 8.78 Å². The topological polar surface area (TPSA) is 30.7 Å². The van der Waals surface area contributed by atoms with Gasteiger partial charge >= 0.3 is 0 Å². The molecular weight excluding hydrogens is 272 g/mol. The van der Waals surface area contributed by atoms with Gasteiger partial charge in [-0.05, 0) is 30.2 Å².